The lowest BCUT2D eigenvalue weighted by molar-refractivity contribution is 0.498. The number of benzene rings is 1. The fourth-order valence-corrected chi connectivity index (χ4v) is 3.29. The molecule has 1 aliphatic heterocycles. The summed E-state index contributed by atoms with van der Waals surface area (Å²) < 4.78 is 26.6. The van der Waals surface area contributed by atoms with Crippen molar-refractivity contribution in [2.45, 2.75) is 24.3 Å². The second kappa shape index (κ2) is 5.36. The molecule has 0 amide bonds. The minimum atomic E-state index is -0.852. The third-order valence-corrected chi connectivity index (χ3v) is 4.30. The van der Waals surface area contributed by atoms with E-state index < -0.39 is 11.6 Å². The van der Waals surface area contributed by atoms with Gasteiger partial charge in [-0.25, -0.2) is 8.78 Å². The average Bonchev–Trinajstić information content (AvgIpc) is 2.89. The second-order valence-electron chi connectivity index (χ2n) is 4.65. The quantitative estimate of drug-likeness (QED) is 0.946. The molecule has 0 saturated carbocycles. The summed E-state index contributed by atoms with van der Waals surface area (Å²) in [7, 11) is 0. The van der Waals surface area contributed by atoms with Gasteiger partial charge in [-0.3, -0.25) is 4.79 Å². The van der Waals surface area contributed by atoms with Crippen LogP contribution in [-0.4, -0.2) is 9.97 Å². The summed E-state index contributed by atoms with van der Waals surface area (Å²) in [5.41, 5.74) is 1.72. The number of aromatic nitrogens is 2. The van der Waals surface area contributed by atoms with Crippen LogP contribution in [-0.2, 0) is 24.3 Å². The lowest BCUT2D eigenvalue weighted by Crippen LogP contribution is -2.17. The molecule has 2 heterocycles. The Balaban J connectivity index is 1.81. The van der Waals surface area contributed by atoms with E-state index >= 15 is 0 Å². The minimum Gasteiger partial charge on any atom is -0.346 e. The molecule has 1 aliphatic rings. The smallest absolute Gasteiger partial charge is 0.277 e. The number of hydrogen-bond donors (Lipinski definition) is 1. The predicted octanol–water partition coefficient (Wildman–Crippen LogP) is 2.58. The number of aryl methyl sites for hydroxylation is 2. The van der Waals surface area contributed by atoms with E-state index in [2.05, 4.69) is 9.97 Å². The molecule has 104 valence electrons. The van der Waals surface area contributed by atoms with Gasteiger partial charge in [0, 0.05) is 29.2 Å². The van der Waals surface area contributed by atoms with Gasteiger partial charge >= 0.3 is 0 Å². The Hall–Kier alpha value is -1.69. The molecule has 6 heteroatoms. The number of H-pyrrole nitrogens is 1. The van der Waals surface area contributed by atoms with Gasteiger partial charge in [0.05, 0.1) is 0 Å². The molecule has 0 aliphatic carbocycles. The molecule has 3 rings (SSSR count). The Kier molecular flexibility index (Phi) is 3.56. The first kappa shape index (κ1) is 13.3. The van der Waals surface area contributed by atoms with Crippen LogP contribution in [0.3, 0.4) is 0 Å². The van der Waals surface area contributed by atoms with E-state index in [1.165, 1.54) is 6.07 Å². The number of aromatic amines is 1. The van der Waals surface area contributed by atoms with Crippen LogP contribution < -0.4 is 5.56 Å². The highest BCUT2D eigenvalue weighted by Gasteiger charge is 2.17. The van der Waals surface area contributed by atoms with Crippen LogP contribution >= 0.6 is 11.8 Å². The second-order valence-corrected chi connectivity index (χ2v) is 5.64. The van der Waals surface area contributed by atoms with Crippen molar-refractivity contribution in [1.82, 2.24) is 9.97 Å². The summed E-state index contributed by atoms with van der Waals surface area (Å²) in [5.74, 6) is 0.311. The van der Waals surface area contributed by atoms with Crippen molar-refractivity contribution in [2.75, 3.05) is 0 Å². The van der Waals surface area contributed by atoms with Gasteiger partial charge in [0.25, 0.3) is 5.56 Å². The van der Waals surface area contributed by atoms with Gasteiger partial charge in [-0.15, -0.1) is 0 Å². The van der Waals surface area contributed by atoms with Crippen LogP contribution in [0.1, 0.15) is 22.6 Å². The summed E-state index contributed by atoms with van der Waals surface area (Å²) in [6.45, 7) is 0. The van der Waals surface area contributed by atoms with Crippen molar-refractivity contribution in [1.29, 1.82) is 0 Å². The maximum Gasteiger partial charge on any atom is 0.277 e. The number of fused-ring (bicyclic) bond motifs is 1. The van der Waals surface area contributed by atoms with Crippen LogP contribution in [0.25, 0.3) is 0 Å². The first-order valence-corrected chi connectivity index (χ1v) is 7.42. The van der Waals surface area contributed by atoms with Crippen molar-refractivity contribution in [3.8, 4) is 0 Å². The topological polar surface area (TPSA) is 45.8 Å². The highest BCUT2D eigenvalue weighted by molar-refractivity contribution is 7.98. The summed E-state index contributed by atoms with van der Waals surface area (Å²) in [6.07, 6.45) is 0.687. The molecule has 0 saturated heterocycles. The Morgan fingerprint density at radius 2 is 2.10 bits per heavy atom. The van der Waals surface area contributed by atoms with Crippen molar-refractivity contribution in [3.05, 3.63) is 62.8 Å². The summed E-state index contributed by atoms with van der Waals surface area (Å²) >= 11 is 1.66. The summed E-state index contributed by atoms with van der Waals surface area (Å²) in [5, 5.41) is 0. The molecule has 0 radical (unpaired) electrons. The molecule has 0 spiro atoms. The van der Waals surface area contributed by atoms with E-state index in [-0.39, 0.29) is 5.56 Å². The van der Waals surface area contributed by atoms with Crippen molar-refractivity contribution < 1.29 is 8.78 Å². The van der Waals surface area contributed by atoms with Crippen molar-refractivity contribution >= 4 is 11.8 Å². The SMILES string of the molecule is O=c1nc(CCc2cccc(F)c2F)[nH]c2c1CSC2. The van der Waals surface area contributed by atoms with Gasteiger partial charge in [-0.05, 0) is 18.1 Å². The van der Waals surface area contributed by atoms with Gasteiger partial charge in [0.2, 0.25) is 0 Å². The standard InChI is InChI=1S/C14H12F2N2OS/c15-10-3-1-2-8(13(10)16)4-5-12-17-11-7-20-6-9(11)14(19)18-12/h1-3H,4-7H2,(H,17,18,19). The maximum atomic E-state index is 13.5. The highest BCUT2D eigenvalue weighted by Crippen LogP contribution is 2.25. The fourth-order valence-electron chi connectivity index (χ4n) is 2.24. The largest absolute Gasteiger partial charge is 0.346 e. The molecule has 20 heavy (non-hydrogen) atoms. The number of hydrogen-bond acceptors (Lipinski definition) is 3. The van der Waals surface area contributed by atoms with Gasteiger partial charge in [-0.1, -0.05) is 12.1 Å². The lowest BCUT2D eigenvalue weighted by atomic mass is 10.1. The molecule has 2 aromatic rings. The van der Waals surface area contributed by atoms with Crippen LogP contribution in [0.2, 0.25) is 0 Å². The zero-order valence-electron chi connectivity index (χ0n) is 10.6. The number of rotatable bonds is 3. The fraction of sp³-hybridized carbons (Fsp3) is 0.286. The van der Waals surface area contributed by atoms with E-state index in [9.17, 15) is 13.6 Å². The van der Waals surface area contributed by atoms with E-state index in [0.717, 1.165) is 23.1 Å². The Morgan fingerprint density at radius 3 is 2.95 bits per heavy atom. The molecule has 0 atom stereocenters. The molecule has 1 aromatic heterocycles. The summed E-state index contributed by atoms with van der Waals surface area (Å²) in [6, 6.07) is 4.11. The molecule has 0 unspecified atom stereocenters. The van der Waals surface area contributed by atoms with E-state index in [4.69, 9.17) is 0 Å². The highest BCUT2D eigenvalue weighted by atomic mass is 32.2. The molecule has 0 fully saturated rings. The first-order valence-electron chi connectivity index (χ1n) is 6.26. The van der Waals surface area contributed by atoms with E-state index in [0.29, 0.717) is 30.0 Å². The third kappa shape index (κ3) is 2.47. The molecule has 3 nitrogen and oxygen atoms in total. The number of thioether (sulfide) groups is 1. The van der Waals surface area contributed by atoms with Crippen LogP contribution in [0.5, 0.6) is 0 Å². The van der Waals surface area contributed by atoms with Gasteiger partial charge in [0.15, 0.2) is 11.6 Å². The molecular formula is C14H12F2N2OS. The normalized spacial score (nSPS) is 13.5. The van der Waals surface area contributed by atoms with E-state index in [1.54, 1.807) is 17.8 Å². The molecular weight excluding hydrogens is 282 g/mol. The molecule has 0 bridgehead atoms. The van der Waals surface area contributed by atoms with Crippen LogP contribution in [0.4, 0.5) is 8.78 Å². The van der Waals surface area contributed by atoms with Gasteiger partial charge in [0.1, 0.15) is 5.82 Å². The van der Waals surface area contributed by atoms with E-state index in [1.807, 2.05) is 0 Å². The van der Waals surface area contributed by atoms with Crippen LogP contribution in [0, 0.1) is 11.6 Å². The zero-order chi connectivity index (χ0) is 14.1. The zero-order valence-corrected chi connectivity index (χ0v) is 11.4. The number of nitrogens with one attached hydrogen (secondary N) is 1. The maximum absolute atomic E-state index is 13.5. The first-order chi connectivity index (χ1) is 9.65. The Morgan fingerprint density at radius 1 is 1.25 bits per heavy atom. The van der Waals surface area contributed by atoms with Gasteiger partial charge < -0.3 is 4.98 Å². The number of nitrogens with zero attached hydrogens (tertiary/aromatic N) is 1. The minimum absolute atomic E-state index is 0.210. The lowest BCUT2D eigenvalue weighted by Gasteiger charge is -2.05. The third-order valence-electron chi connectivity index (χ3n) is 3.31. The van der Waals surface area contributed by atoms with Crippen molar-refractivity contribution in [3.63, 3.8) is 0 Å². The monoisotopic (exact) mass is 294 g/mol. The van der Waals surface area contributed by atoms with Crippen molar-refractivity contribution in [2.24, 2.45) is 0 Å². The Bertz CT molecular complexity index is 715. The summed E-state index contributed by atoms with van der Waals surface area (Å²) in [4.78, 5) is 18.9. The van der Waals surface area contributed by atoms with Crippen LogP contribution in [0.15, 0.2) is 23.0 Å². The number of halogens is 2. The average molecular weight is 294 g/mol. The predicted molar refractivity (Wildman–Crippen MR) is 73.6 cm³/mol. The van der Waals surface area contributed by atoms with Gasteiger partial charge in [-0.2, -0.15) is 16.7 Å². The molecule has 1 aromatic carbocycles. The Labute approximate surface area is 118 Å². The molecule has 1 N–H and O–H groups in total.